The summed E-state index contributed by atoms with van der Waals surface area (Å²) >= 11 is 0. The van der Waals surface area contributed by atoms with E-state index < -0.39 is 28.9 Å². The number of hydrogen-bond acceptors (Lipinski definition) is 4. The molecule has 0 atom stereocenters. The van der Waals surface area contributed by atoms with Crippen molar-refractivity contribution in [2.24, 2.45) is 0 Å². The maximum absolute atomic E-state index is 14.0. The highest BCUT2D eigenvalue weighted by molar-refractivity contribution is 6.09. The van der Waals surface area contributed by atoms with Crippen molar-refractivity contribution in [1.82, 2.24) is 0 Å². The second-order valence-electron chi connectivity index (χ2n) is 32.9. The molecule has 0 saturated heterocycles. The number of aryl methyl sites for hydroxylation is 24. The number of benzene rings is 13. The van der Waals surface area contributed by atoms with Gasteiger partial charge in [0.25, 0.3) is 0 Å². The minimum Gasteiger partial charge on any atom is -0.457 e. The van der Waals surface area contributed by atoms with Gasteiger partial charge in [-0.3, -0.25) is 4.79 Å². The van der Waals surface area contributed by atoms with Crippen molar-refractivity contribution in [1.29, 1.82) is 0 Å². The molecular weight excluding hydrogens is 1500 g/mol. The predicted molar refractivity (Wildman–Crippen MR) is 492 cm³/mol. The number of ketones is 1. The topological polar surface area (TPSA) is 44.8 Å². The van der Waals surface area contributed by atoms with E-state index in [9.17, 15) is 31.1 Å². The standard InChI is InChI=1S/C31H32O2.C19H18F6.C17H18O.C16H18O.C16H18.C10H14.CH4/c1-21-7-13-29(19-23(21)3)32-27-15-9-25(10-16-27)31(5,6)26-11-17-28(18-12-26)33-30-14-8-22(2)24(4)20-30;1-11-5-7-15(9-13(11)3)17(18(20,21)22,19(23,24)25)16-8-6-12(2)14(4)10-16;1-11-5-7-15(9-13(11)3)17(18)16-8-6-12(2)14(4)10-16;1-11-5-7-15(9-13(11)3)17-16-8-6-12(2)14(4)10-16;1-11-5-7-15(9-13(11)3)16-8-6-12(2)14(4)10-16;1-7-5-9(3)10(4)6-8(7)2;/h7-20H,1-6H3;5-10H,1-4H3;5-10H,1-4H3;5-10H,1-4H3;5-10H,1-4H3;5-6H,1-4H3;1H4. The molecule has 0 aromatic heterocycles. The van der Waals surface area contributed by atoms with Crippen molar-refractivity contribution < 1.29 is 45.3 Å². The van der Waals surface area contributed by atoms with Crippen molar-refractivity contribution in [2.45, 2.75) is 211 Å². The van der Waals surface area contributed by atoms with Gasteiger partial charge in [-0.25, -0.2) is 0 Å². The summed E-state index contributed by atoms with van der Waals surface area (Å²) < 4.78 is 102. The fraction of sp³-hybridized carbons (Fsp3) is 0.282. The van der Waals surface area contributed by atoms with Crippen molar-refractivity contribution in [3.8, 4) is 45.6 Å². The third-order valence-corrected chi connectivity index (χ3v) is 23.5. The summed E-state index contributed by atoms with van der Waals surface area (Å²) in [5, 5.41) is 0. The second-order valence-corrected chi connectivity index (χ2v) is 32.9. The van der Waals surface area contributed by atoms with Gasteiger partial charge in [-0.1, -0.05) is 179 Å². The molecule has 0 aliphatic carbocycles. The molecule has 0 radical (unpaired) electrons. The zero-order chi connectivity index (χ0) is 87.9. The molecule has 4 nitrogen and oxygen atoms in total. The number of ether oxygens (including phenoxy) is 3. The van der Waals surface area contributed by atoms with E-state index in [1.165, 1.54) is 148 Å². The molecule has 13 aromatic rings. The molecule has 0 bridgehead atoms. The van der Waals surface area contributed by atoms with Crippen LogP contribution < -0.4 is 14.2 Å². The Morgan fingerprint density at radius 1 is 0.208 bits per heavy atom. The smallest absolute Gasteiger partial charge is 0.411 e. The van der Waals surface area contributed by atoms with E-state index in [0.29, 0.717) is 22.3 Å². The molecule has 0 aliphatic heterocycles. The Kier molecular flexibility index (Phi) is 32.7. The summed E-state index contributed by atoms with van der Waals surface area (Å²) in [6, 6.07) is 77.4. The fourth-order valence-corrected chi connectivity index (χ4v) is 13.4. The minimum atomic E-state index is -5.55. The molecular formula is C110H122F6O4. The van der Waals surface area contributed by atoms with E-state index in [-0.39, 0.29) is 18.6 Å². The quantitative estimate of drug-likeness (QED) is 0.0852. The number of alkyl halides is 6. The molecule has 628 valence electrons. The van der Waals surface area contributed by atoms with Crippen LogP contribution in [0, 0.1) is 166 Å². The van der Waals surface area contributed by atoms with E-state index >= 15 is 0 Å². The molecule has 0 spiro atoms. The first kappa shape index (κ1) is 95.6. The van der Waals surface area contributed by atoms with Gasteiger partial charge in [-0.2, -0.15) is 26.3 Å². The Balaban J connectivity index is 0.000000205. The van der Waals surface area contributed by atoms with Crippen LogP contribution in [0.1, 0.15) is 193 Å². The van der Waals surface area contributed by atoms with Gasteiger partial charge in [0, 0.05) is 16.5 Å². The van der Waals surface area contributed by atoms with E-state index in [1.807, 2.05) is 98.8 Å². The fourth-order valence-electron chi connectivity index (χ4n) is 13.4. The maximum Gasteiger partial charge on any atom is 0.411 e. The van der Waals surface area contributed by atoms with Gasteiger partial charge in [-0.15, -0.1) is 0 Å². The number of carbonyl (C=O) groups is 1. The lowest BCUT2D eigenvalue weighted by Gasteiger charge is -2.38. The summed E-state index contributed by atoms with van der Waals surface area (Å²) in [7, 11) is 0. The van der Waals surface area contributed by atoms with Gasteiger partial charge in [0.2, 0.25) is 5.41 Å². The molecule has 13 aromatic carbocycles. The monoisotopic (exact) mass is 1620 g/mol. The molecule has 10 heteroatoms. The lowest BCUT2D eigenvalue weighted by Crippen LogP contribution is -2.54. The van der Waals surface area contributed by atoms with Gasteiger partial charge in [0.05, 0.1) is 0 Å². The number of carbonyl (C=O) groups excluding carboxylic acids is 1. The van der Waals surface area contributed by atoms with Crippen LogP contribution in [0.4, 0.5) is 26.3 Å². The van der Waals surface area contributed by atoms with E-state index in [2.05, 4.69) is 260 Å². The predicted octanol–water partition coefficient (Wildman–Crippen LogP) is 32.2. The van der Waals surface area contributed by atoms with Crippen LogP contribution in [-0.4, -0.2) is 18.1 Å². The molecule has 0 amide bonds. The molecule has 0 fully saturated rings. The molecule has 0 heterocycles. The molecule has 13 rings (SSSR count). The Bertz CT molecular complexity index is 5350. The Labute approximate surface area is 712 Å². The van der Waals surface area contributed by atoms with Crippen LogP contribution in [0.15, 0.2) is 243 Å². The van der Waals surface area contributed by atoms with E-state index in [4.69, 9.17) is 14.2 Å². The van der Waals surface area contributed by atoms with Gasteiger partial charge in [0.1, 0.15) is 34.5 Å². The van der Waals surface area contributed by atoms with E-state index in [1.54, 1.807) is 13.8 Å². The summed E-state index contributed by atoms with van der Waals surface area (Å²) in [6.07, 6.45) is -11.1. The zero-order valence-electron chi connectivity index (χ0n) is 74.5. The molecule has 120 heavy (non-hydrogen) atoms. The Morgan fingerprint density at radius 3 is 0.633 bits per heavy atom. The maximum atomic E-state index is 14.0. The van der Waals surface area contributed by atoms with Gasteiger partial charge >= 0.3 is 12.4 Å². The second kappa shape index (κ2) is 41.0. The number of halogens is 6. The zero-order valence-corrected chi connectivity index (χ0v) is 74.5. The highest BCUT2D eigenvalue weighted by atomic mass is 19.4. The average molecular weight is 1620 g/mol. The third kappa shape index (κ3) is 24.4. The van der Waals surface area contributed by atoms with Crippen LogP contribution in [0.5, 0.6) is 34.5 Å². The largest absolute Gasteiger partial charge is 0.457 e. The highest BCUT2D eigenvalue weighted by Crippen LogP contribution is 2.57. The Morgan fingerprint density at radius 2 is 0.400 bits per heavy atom. The summed E-state index contributed by atoms with van der Waals surface area (Å²) in [4.78, 5) is 12.4. The first-order valence-electron chi connectivity index (χ1n) is 40.5. The highest BCUT2D eigenvalue weighted by Gasteiger charge is 2.72. The normalized spacial score (nSPS) is 11.1. The molecule has 0 aliphatic rings. The van der Waals surface area contributed by atoms with Gasteiger partial charge in [-0.05, 0) is 418 Å². The first-order chi connectivity index (χ1) is 55.8. The number of rotatable bonds is 13. The van der Waals surface area contributed by atoms with Crippen molar-refractivity contribution in [3.63, 3.8) is 0 Å². The SMILES string of the molecule is C.Cc1cc(C)c(C)cc1C.Cc1ccc(-c2ccc(C)c(C)c2)cc1C.Cc1ccc(C(=O)c2ccc(C)c(C)c2)cc1C.Cc1ccc(C(c2ccc(C)c(C)c2)(C(F)(F)F)C(F)(F)F)cc1C.Cc1ccc(Oc2ccc(C(C)(C)c3ccc(Oc4ccc(C)c(C)c4)cc3)cc2)cc1C.Cc1ccc(Oc2ccc(C)c(C)c2)cc1C. The molecule has 0 saturated carbocycles. The first-order valence-corrected chi connectivity index (χ1v) is 40.5. The summed E-state index contributed by atoms with van der Waals surface area (Å²) in [6.45, 7) is 53.0. The van der Waals surface area contributed by atoms with Crippen LogP contribution in [0.25, 0.3) is 11.1 Å². The molecule has 0 unspecified atom stereocenters. The van der Waals surface area contributed by atoms with Crippen molar-refractivity contribution in [3.05, 3.63) is 410 Å². The van der Waals surface area contributed by atoms with Crippen LogP contribution in [-0.2, 0) is 10.8 Å². The third-order valence-electron chi connectivity index (χ3n) is 23.5. The number of hydrogen-bond donors (Lipinski definition) is 0. The van der Waals surface area contributed by atoms with Crippen molar-refractivity contribution in [2.75, 3.05) is 0 Å². The van der Waals surface area contributed by atoms with Crippen molar-refractivity contribution >= 4 is 5.78 Å². The lowest BCUT2D eigenvalue weighted by atomic mass is 9.71. The van der Waals surface area contributed by atoms with Crippen LogP contribution in [0.3, 0.4) is 0 Å². The van der Waals surface area contributed by atoms with Crippen LogP contribution in [0.2, 0.25) is 0 Å². The minimum absolute atomic E-state index is 0. The summed E-state index contributed by atoms with van der Waals surface area (Å²) in [5.74, 6) is 5.31. The molecule has 0 N–H and O–H groups in total. The lowest BCUT2D eigenvalue weighted by molar-refractivity contribution is -0.288. The van der Waals surface area contributed by atoms with Gasteiger partial charge in [0.15, 0.2) is 5.78 Å². The summed E-state index contributed by atoms with van der Waals surface area (Å²) in [5.41, 5.74) is 28.6. The average Bonchev–Trinajstić information content (AvgIpc) is 0.712. The Hall–Kier alpha value is -11.5. The van der Waals surface area contributed by atoms with Crippen LogP contribution >= 0.6 is 0 Å². The van der Waals surface area contributed by atoms with Gasteiger partial charge < -0.3 is 14.2 Å². The van der Waals surface area contributed by atoms with E-state index in [0.717, 1.165) is 81.0 Å².